The van der Waals surface area contributed by atoms with Crippen LogP contribution in [0.2, 0.25) is 0 Å². The van der Waals surface area contributed by atoms with Gasteiger partial charge >= 0.3 is 11.9 Å². The Hall–Kier alpha value is -2.82. The number of aromatic nitrogens is 1. The Bertz CT molecular complexity index is 1250. The van der Waals surface area contributed by atoms with Gasteiger partial charge in [-0.1, -0.05) is 0 Å². The van der Waals surface area contributed by atoms with Crippen LogP contribution in [0.5, 0.6) is 11.8 Å². The molecule has 0 bridgehead atoms. The first-order valence-corrected chi connectivity index (χ1v) is 15.2. The summed E-state index contributed by atoms with van der Waals surface area (Å²) < 4.78 is 27.8. The molecule has 4 heterocycles. The van der Waals surface area contributed by atoms with Crippen LogP contribution in [0.25, 0.3) is 0 Å². The van der Waals surface area contributed by atoms with E-state index in [1.54, 1.807) is 0 Å². The summed E-state index contributed by atoms with van der Waals surface area (Å²) in [4.78, 5) is 34.2. The summed E-state index contributed by atoms with van der Waals surface area (Å²) in [6.07, 6.45) is -27.8. The van der Waals surface area contributed by atoms with Crippen LogP contribution in [0.15, 0.2) is 12.1 Å². The fourth-order valence-electron chi connectivity index (χ4n) is 5.46. The van der Waals surface area contributed by atoms with Crippen LogP contribution >= 0.6 is 0 Å². The maximum absolute atomic E-state index is 12.4. The zero-order chi connectivity index (χ0) is 37.0. The van der Waals surface area contributed by atoms with E-state index in [1.165, 1.54) is 0 Å². The number of rotatable bonds is 13. The quantitative estimate of drug-likeness (QED) is 0.0838. The van der Waals surface area contributed by atoms with Crippen molar-refractivity contribution in [3.63, 3.8) is 0 Å². The lowest BCUT2D eigenvalue weighted by Crippen LogP contribution is -2.67. The molecule has 23 heteroatoms. The highest BCUT2D eigenvalue weighted by Gasteiger charge is 2.54. The second-order valence-electron chi connectivity index (χ2n) is 11.7. The molecule has 0 aliphatic carbocycles. The van der Waals surface area contributed by atoms with E-state index in [0.29, 0.717) is 9.79 Å². The number of aliphatic hydroxyl groups excluding tert-OH is 10. The van der Waals surface area contributed by atoms with Gasteiger partial charge in [0.15, 0.2) is 18.8 Å². The van der Waals surface area contributed by atoms with Crippen LogP contribution in [-0.4, -0.2) is 202 Å². The number of aliphatic hydroxyl groups is 10. The number of nitrogens with zero attached hydrogens (tertiary/aromatic N) is 2. The van der Waals surface area contributed by atoms with Crippen molar-refractivity contribution in [1.29, 1.82) is 0 Å². The Morgan fingerprint density at radius 2 is 1.18 bits per heavy atom. The molecule has 3 aliphatic rings. The van der Waals surface area contributed by atoms with Crippen LogP contribution < -0.4 is 4.84 Å². The summed E-state index contributed by atoms with van der Waals surface area (Å²) in [6, 6.07) is 2.09. The summed E-state index contributed by atoms with van der Waals surface area (Å²) in [5.41, 5.74) is 0. The molecule has 0 radical (unpaired) electrons. The SMILES string of the molecule is CN(OC(=O)CCC(=O)On1c(O)ccc1O)C1OC(CO)C(OC2OC(CO)C(O)C(OC3OC(CO)C(O)C(O)C3O)C2O)C(O)C1O. The Labute approximate surface area is 282 Å². The topological polar surface area (TPSA) is 350 Å². The monoisotopic (exact) mass is 730 g/mol. The number of hydrogen-bond donors (Lipinski definition) is 12. The summed E-state index contributed by atoms with van der Waals surface area (Å²) in [7, 11) is 1.12. The molecule has 12 N–H and O–H groups in total. The normalized spacial score (nSPS) is 39.3. The summed E-state index contributed by atoms with van der Waals surface area (Å²) in [6.45, 7) is -2.58. The molecule has 0 saturated carbocycles. The fourth-order valence-corrected chi connectivity index (χ4v) is 5.46. The lowest BCUT2D eigenvalue weighted by atomic mass is 9.95. The largest absolute Gasteiger partial charge is 0.492 e. The second-order valence-corrected chi connectivity index (χ2v) is 11.7. The van der Waals surface area contributed by atoms with Crippen molar-refractivity contribution in [1.82, 2.24) is 9.79 Å². The standard InChI is InChI=1S/C27H42N2O21/c1-28(49-14(35)4-5-15(36)50-29-12(33)2-3-13(29)34)25-20(41)19(40)23(11(8-32)44-25)47-27-22(43)24(17(38)10(7-31)46-27)48-26-21(42)18(39)16(37)9(6-30)45-26/h2-3,9-11,16-27,30-34,37-43H,4-8H2,1H3. The van der Waals surface area contributed by atoms with Crippen molar-refractivity contribution in [2.75, 3.05) is 26.9 Å². The number of hydrogen-bond acceptors (Lipinski definition) is 22. The average molecular weight is 731 g/mol. The molecule has 0 spiro atoms. The van der Waals surface area contributed by atoms with Crippen molar-refractivity contribution < 1.29 is 104 Å². The van der Waals surface area contributed by atoms with Crippen molar-refractivity contribution in [3.05, 3.63) is 12.1 Å². The molecule has 1 aromatic heterocycles. The highest BCUT2D eigenvalue weighted by atomic mass is 16.8. The maximum Gasteiger partial charge on any atom is 0.333 e. The minimum atomic E-state index is -2.01. The molecule has 23 nitrogen and oxygen atoms in total. The van der Waals surface area contributed by atoms with Gasteiger partial charge in [0.1, 0.15) is 73.2 Å². The fraction of sp³-hybridized carbons (Fsp3) is 0.778. The zero-order valence-corrected chi connectivity index (χ0v) is 26.3. The molecule has 0 amide bonds. The van der Waals surface area contributed by atoms with Gasteiger partial charge in [-0.25, -0.2) is 4.79 Å². The number of likely N-dealkylation sites (N-methyl/N-ethyl adjacent to an activating group) is 1. The smallest absolute Gasteiger partial charge is 0.333 e. The van der Waals surface area contributed by atoms with Crippen LogP contribution in [0.1, 0.15) is 12.8 Å². The highest BCUT2D eigenvalue weighted by Crippen LogP contribution is 2.33. The third-order valence-corrected chi connectivity index (χ3v) is 8.22. The molecule has 50 heavy (non-hydrogen) atoms. The number of aromatic hydroxyl groups is 2. The van der Waals surface area contributed by atoms with Crippen LogP contribution in [0.3, 0.4) is 0 Å². The lowest BCUT2D eigenvalue weighted by Gasteiger charge is -2.48. The Kier molecular flexibility index (Phi) is 13.7. The van der Waals surface area contributed by atoms with E-state index in [2.05, 4.69) is 0 Å². The van der Waals surface area contributed by atoms with Crippen molar-refractivity contribution in [2.24, 2.45) is 0 Å². The Morgan fingerprint density at radius 1 is 0.660 bits per heavy atom. The van der Waals surface area contributed by atoms with Gasteiger partial charge in [-0.15, -0.1) is 9.79 Å². The molecule has 286 valence electrons. The van der Waals surface area contributed by atoms with Gasteiger partial charge in [0, 0.05) is 19.2 Å². The van der Waals surface area contributed by atoms with Crippen molar-refractivity contribution in [3.8, 4) is 11.8 Å². The summed E-state index contributed by atoms with van der Waals surface area (Å²) in [5.74, 6) is -3.26. The molecule has 1 aromatic rings. The first-order valence-electron chi connectivity index (χ1n) is 15.2. The van der Waals surface area contributed by atoms with Gasteiger partial charge < -0.3 is 94.6 Å². The molecule has 15 unspecified atom stereocenters. The van der Waals surface area contributed by atoms with E-state index < -0.39 is 148 Å². The van der Waals surface area contributed by atoms with Gasteiger partial charge in [-0.3, -0.25) is 4.79 Å². The van der Waals surface area contributed by atoms with E-state index >= 15 is 0 Å². The van der Waals surface area contributed by atoms with Crippen molar-refractivity contribution in [2.45, 2.75) is 105 Å². The van der Waals surface area contributed by atoms with E-state index in [1.807, 2.05) is 0 Å². The molecular weight excluding hydrogens is 688 g/mol. The molecule has 4 rings (SSSR count). The first-order chi connectivity index (χ1) is 23.6. The van der Waals surface area contributed by atoms with E-state index in [4.69, 9.17) is 33.4 Å². The van der Waals surface area contributed by atoms with Gasteiger partial charge in [0.05, 0.1) is 32.7 Å². The second kappa shape index (κ2) is 17.1. The van der Waals surface area contributed by atoms with Crippen molar-refractivity contribution >= 4 is 11.9 Å². The lowest BCUT2D eigenvalue weighted by molar-refractivity contribution is -0.381. The van der Waals surface area contributed by atoms with E-state index in [0.717, 1.165) is 19.2 Å². The Balaban J connectivity index is 1.38. The third-order valence-electron chi connectivity index (χ3n) is 8.22. The highest BCUT2D eigenvalue weighted by molar-refractivity contribution is 5.77. The summed E-state index contributed by atoms with van der Waals surface area (Å²) in [5, 5.41) is 123. The zero-order valence-electron chi connectivity index (χ0n) is 26.3. The van der Waals surface area contributed by atoms with Crippen LogP contribution in [-0.2, 0) is 38.1 Å². The van der Waals surface area contributed by atoms with Gasteiger partial charge in [0.2, 0.25) is 11.8 Å². The number of carbonyl (C=O) groups excluding carboxylic acids is 2. The Morgan fingerprint density at radius 3 is 1.76 bits per heavy atom. The predicted octanol–water partition coefficient (Wildman–Crippen LogP) is -7.53. The van der Waals surface area contributed by atoms with Gasteiger partial charge in [0.25, 0.3) is 0 Å². The first kappa shape index (κ1) is 40.0. The molecule has 0 aromatic carbocycles. The number of hydroxylamine groups is 2. The third kappa shape index (κ3) is 8.61. The average Bonchev–Trinajstić information content (AvgIpc) is 3.40. The van der Waals surface area contributed by atoms with E-state index in [9.17, 15) is 70.9 Å². The molecule has 3 fully saturated rings. The molecule has 3 aliphatic heterocycles. The predicted molar refractivity (Wildman–Crippen MR) is 151 cm³/mol. The number of carbonyl (C=O) groups is 2. The van der Waals surface area contributed by atoms with Crippen LogP contribution in [0.4, 0.5) is 0 Å². The van der Waals surface area contributed by atoms with Crippen LogP contribution in [0, 0.1) is 0 Å². The maximum atomic E-state index is 12.4. The summed E-state index contributed by atoms with van der Waals surface area (Å²) >= 11 is 0. The van der Waals surface area contributed by atoms with Gasteiger partial charge in [-0.2, -0.15) is 0 Å². The minimum absolute atomic E-state index is 0.414. The molecule has 15 atom stereocenters. The molecule has 3 saturated heterocycles. The van der Waals surface area contributed by atoms with Gasteiger partial charge in [-0.05, 0) is 0 Å². The molecular formula is C27H42N2O21. The number of ether oxygens (including phenoxy) is 5. The minimum Gasteiger partial charge on any atom is -0.492 e. The van der Waals surface area contributed by atoms with E-state index in [-0.39, 0.29) is 0 Å².